The monoisotopic (exact) mass is 419 g/mol. The van der Waals surface area contributed by atoms with Crippen LogP contribution < -0.4 is 16.0 Å². The highest BCUT2D eigenvalue weighted by molar-refractivity contribution is 5.99. The average molecular weight is 419 g/mol. The lowest BCUT2D eigenvalue weighted by Gasteiger charge is -2.30. The summed E-state index contributed by atoms with van der Waals surface area (Å²) in [6.45, 7) is 0.130. The number of nitrogens with one attached hydrogen (secondary N) is 3. The maximum atomic E-state index is 12.9. The molecule has 30 heavy (non-hydrogen) atoms. The second-order valence-corrected chi connectivity index (χ2v) is 8.24. The summed E-state index contributed by atoms with van der Waals surface area (Å²) >= 11 is 0. The number of alkyl halides is 2. The first-order valence-corrected chi connectivity index (χ1v) is 10.7. The van der Waals surface area contributed by atoms with Gasteiger partial charge in [0.15, 0.2) is 5.76 Å². The number of benzene rings is 1. The molecular weight excluding hydrogens is 392 g/mol. The van der Waals surface area contributed by atoms with E-state index in [2.05, 4.69) is 16.0 Å². The van der Waals surface area contributed by atoms with Gasteiger partial charge in [0.2, 0.25) is 5.91 Å². The van der Waals surface area contributed by atoms with Gasteiger partial charge in [-0.25, -0.2) is 8.78 Å². The molecule has 1 aliphatic carbocycles. The highest BCUT2D eigenvalue weighted by Crippen LogP contribution is 2.36. The lowest BCUT2D eigenvalue weighted by Crippen LogP contribution is -2.42. The third-order valence-corrected chi connectivity index (χ3v) is 6.23. The molecule has 1 unspecified atom stereocenters. The van der Waals surface area contributed by atoms with Crippen molar-refractivity contribution in [3.63, 3.8) is 0 Å². The molecule has 2 aliphatic rings. The van der Waals surface area contributed by atoms with Crippen molar-refractivity contribution in [2.75, 3.05) is 18.4 Å². The fourth-order valence-electron chi connectivity index (χ4n) is 4.79. The maximum absolute atomic E-state index is 12.9. The zero-order valence-corrected chi connectivity index (χ0v) is 16.8. The molecule has 4 rings (SSSR count). The normalized spacial score (nSPS) is 22.5. The molecule has 0 bridgehead atoms. The fraction of sp³-hybridized carbons (Fsp3) is 0.545. The van der Waals surface area contributed by atoms with Crippen molar-refractivity contribution in [1.82, 2.24) is 10.6 Å². The highest BCUT2D eigenvalue weighted by atomic mass is 19.3. The van der Waals surface area contributed by atoms with Gasteiger partial charge in [-0.05, 0) is 49.1 Å². The second kappa shape index (κ2) is 9.12. The Morgan fingerprint density at radius 1 is 1.13 bits per heavy atom. The summed E-state index contributed by atoms with van der Waals surface area (Å²) in [5.41, 5.74) is 1.07. The summed E-state index contributed by atoms with van der Waals surface area (Å²) in [5, 5.41) is 9.08. The molecule has 2 heterocycles. The third-order valence-electron chi connectivity index (χ3n) is 6.23. The van der Waals surface area contributed by atoms with Gasteiger partial charge in [0.25, 0.3) is 12.3 Å². The van der Waals surface area contributed by atoms with E-state index in [4.69, 9.17) is 4.42 Å². The zero-order valence-electron chi connectivity index (χ0n) is 16.8. The minimum Gasteiger partial charge on any atom is -0.451 e. The van der Waals surface area contributed by atoms with Gasteiger partial charge in [-0.15, -0.1) is 0 Å². The van der Waals surface area contributed by atoms with Crippen molar-refractivity contribution in [1.29, 1.82) is 0 Å². The Balaban J connectivity index is 1.43. The standard InChI is InChI=1S/C22H27F2N3O3/c23-19(24)12-26-21(28)18-11-14-10-15(6-7-17(14)30-18)27-22(29)20-16(8-9-25-20)13-4-2-1-3-5-13/h6-7,10-11,13,16,19-20,25H,1-5,8-9,12H2,(H,26,28)(H,27,29)/t16?,20-/m0/s1. The molecule has 1 aromatic heterocycles. The number of carbonyl (C=O) groups is 2. The van der Waals surface area contributed by atoms with Crippen molar-refractivity contribution in [2.24, 2.45) is 11.8 Å². The van der Waals surface area contributed by atoms with E-state index in [9.17, 15) is 18.4 Å². The van der Waals surface area contributed by atoms with Gasteiger partial charge in [0.1, 0.15) is 5.58 Å². The summed E-state index contributed by atoms with van der Waals surface area (Å²) in [4.78, 5) is 24.9. The number of amides is 2. The third kappa shape index (κ3) is 4.64. The summed E-state index contributed by atoms with van der Waals surface area (Å²) in [5.74, 6) is 0.204. The average Bonchev–Trinajstić information content (AvgIpc) is 3.39. The molecule has 1 aromatic carbocycles. The van der Waals surface area contributed by atoms with E-state index < -0.39 is 18.9 Å². The Kier molecular flexibility index (Phi) is 6.32. The van der Waals surface area contributed by atoms with Crippen molar-refractivity contribution in [3.05, 3.63) is 30.0 Å². The van der Waals surface area contributed by atoms with E-state index in [0.717, 1.165) is 13.0 Å². The Hall–Kier alpha value is -2.48. The van der Waals surface area contributed by atoms with Gasteiger partial charge >= 0.3 is 0 Å². The Labute approximate surface area is 173 Å². The smallest absolute Gasteiger partial charge is 0.287 e. The number of rotatable bonds is 6. The number of fused-ring (bicyclic) bond motifs is 1. The van der Waals surface area contributed by atoms with Crippen LogP contribution >= 0.6 is 0 Å². The van der Waals surface area contributed by atoms with Crippen LogP contribution in [0.25, 0.3) is 11.0 Å². The van der Waals surface area contributed by atoms with Crippen LogP contribution in [0.2, 0.25) is 0 Å². The molecule has 2 fully saturated rings. The van der Waals surface area contributed by atoms with Crippen molar-refractivity contribution in [2.45, 2.75) is 51.0 Å². The van der Waals surface area contributed by atoms with Crippen molar-refractivity contribution >= 4 is 28.5 Å². The summed E-state index contributed by atoms with van der Waals surface area (Å²) in [7, 11) is 0. The molecule has 0 spiro atoms. The van der Waals surface area contributed by atoms with Gasteiger partial charge in [-0.3, -0.25) is 9.59 Å². The van der Waals surface area contributed by atoms with Crippen LogP contribution in [0.5, 0.6) is 0 Å². The van der Waals surface area contributed by atoms with Gasteiger partial charge in [-0.1, -0.05) is 32.1 Å². The minimum absolute atomic E-state index is 0.0380. The first kappa shape index (κ1) is 20.8. The van der Waals surface area contributed by atoms with E-state index in [1.54, 1.807) is 18.2 Å². The van der Waals surface area contributed by atoms with Gasteiger partial charge in [0.05, 0.1) is 12.6 Å². The minimum atomic E-state index is -2.62. The van der Waals surface area contributed by atoms with Crippen molar-refractivity contribution in [3.8, 4) is 0 Å². The molecular formula is C22H27F2N3O3. The topological polar surface area (TPSA) is 83.4 Å². The molecule has 0 radical (unpaired) electrons. The molecule has 1 saturated heterocycles. The molecule has 6 nitrogen and oxygen atoms in total. The van der Waals surface area contributed by atoms with Crippen molar-refractivity contribution < 1.29 is 22.8 Å². The van der Waals surface area contributed by atoms with Crippen LogP contribution in [0.4, 0.5) is 14.5 Å². The largest absolute Gasteiger partial charge is 0.451 e. The molecule has 2 amide bonds. The Morgan fingerprint density at radius 3 is 2.70 bits per heavy atom. The first-order valence-electron chi connectivity index (χ1n) is 10.7. The SMILES string of the molecule is O=C(NCC(F)F)c1cc2cc(NC(=O)[C@H]3NCCC3C3CCCCC3)ccc2o1. The Bertz CT molecular complexity index is 908. The molecule has 2 aromatic rings. The summed E-state index contributed by atoms with van der Waals surface area (Å²) in [6, 6.07) is 6.41. The van der Waals surface area contributed by atoms with Crippen LogP contribution in [0.3, 0.4) is 0 Å². The first-order chi connectivity index (χ1) is 14.5. The number of anilines is 1. The number of halogens is 2. The number of hydrogen-bond donors (Lipinski definition) is 3. The van der Waals surface area contributed by atoms with Crippen LogP contribution in [0, 0.1) is 11.8 Å². The van der Waals surface area contributed by atoms with Gasteiger partial charge in [0, 0.05) is 11.1 Å². The van der Waals surface area contributed by atoms with E-state index in [1.165, 1.54) is 38.2 Å². The van der Waals surface area contributed by atoms with Crippen LogP contribution in [-0.2, 0) is 4.79 Å². The van der Waals surface area contributed by atoms with Crippen LogP contribution in [-0.4, -0.2) is 37.4 Å². The maximum Gasteiger partial charge on any atom is 0.287 e. The summed E-state index contributed by atoms with van der Waals surface area (Å²) in [6.07, 6.45) is 4.60. The molecule has 8 heteroatoms. The number of furan rings is 1. The van der Waals surface area contributed by atoms with E-state index in [-0.39, 0.29) is 17.7 Å². The van der Waals surface area contributed by atoms with Gasteiger partial charge in [-0.2, -0.15) is 0 Å². The molecule has 1 aliphatic heterocycles. The predicted molar refractivity (Wildman–Crippen MR) is 110 cm³/mol. The molecule has 1 saturated carbocycles. The van der Waals surface area contributed by atoms with Gasteiger partial charge < -0.3 is 20.4 Å². The Morgan fingerprint density at radius 2 is 1.93 bits per heavy atom. The second-order valence-electron chi connectivity index (χ2n) is 8.24. The summed E-state index contributed by atoms with van der Waals surface area (Å²) < 4.78 is 30.0. The predicted octanol–water partition coefficient (Wildman–Crippen LogP) is 3.92. The number of carbonyl (C=O) groups excluding carboxylic acids is 2. The quantitative estimate of drug-likeness (QED) is 0.663. The highest BCUT2D eigenvalue weighted by Gasteiger charge is 2.38. The van der Waals surface area contributed by atoms with E-state index >= 15 is 0 Å². The lowest BCUT2D eigenvalue weighted by atomic mass is 9.76. The van der Waals surface area contributed by atoms with E-state index in [0.29, 0.717) is 28.5 Å². The van der Waals surface area contributed by atoms with E-state index in [1.807, 2.05) is 0 Å². The lowest BCUT2D eigenvalue weighted by molar-refractivity contribution is -0.119. The zero-order chi connectivity index (χ0) is 21.1. The fourth-order valence-corrected chi connectivity index (χ4v) is 4.79. The number of hydrogen-bond acceptors (Lipinski definition) is 4. The molecule has 2 atom stereocenters. The van der Waals surface area contributed by atoms with Crippen LogP contribution in [0.15, 0.2) is 28.7 Å². The molecule has 3 N–H and O–H groups in total. The van der Waals surface area contributed by atoms with Crippen LogP contribution in [0.1, 0.15) is 49.1 Å². The molecule has 162 valence electrons.